The lowest BCUT2D eigenvalue weighted by Gasteiger charge is -2.22. The summed E-state index contributed by atoms with van der Waals surface area (Å²) < 4.78 is 4.01. The van der Waals surface area contributed by atoms with Crippen molar-refractivity contribution in [2.75, 3.05) is 13.1 Å². The predicted molar refractivity (Wildman–Crippen MR) is 149 cm³/mol. The zero-order valence-electron chi connectivity index (χ0n) is 21.2. The standard InChI is InChI=1S/C30H28N8/c1-20-27(24-16-35-37(19-24)18-21-4-9-31-10-5-21)15-30-34-17-29(38(30)36-20)26-8-13-33-28-14-23(2-3-25(26)28)22-6-11-32-12-7-22/h2-3,6-8,11-17,19,21,31H,4-5,9-10,18H2,1H3. The van der Waals surface area contributed by atoms with Gasteiger partial charge in [0.2, 0.25) is 0 Å². The predicted octanol–water partition coefficient (Wildman–Crippen LogP) is 5.18. The number of benzene rings is 1. The third-order valence-electron chi connectivity index (χ3n) is 7.56. The molecule has 0 saturated carbocycles. The van der Waals surface area contributed by atoms with Gasteiger partial charge >= 0.3 is 0 Å². The molecule has 1 fully saturated rings. The Hall–Kier alpha value is -4.43. The molecule has 6 heterocycles. The van der Waals surface area contributed by atoms with E-state index in [0.717, 1.165) is 75.4 Å². The highest BCUT2D eigenvalue weighted by molar-refractivity contribution is 5.96. The second-order valence-corrected chi connectivity index (χ2v) is 10.0. The summed E-state index contributed by atoms with van der Waals surface area (Å²) in [5.41, 5.74) is 9.05. The molecular weight excluding hydrogens is 472 g/mol. The van der Waals surface area contributed by atoms with Crippen molar-refractivity contribution in [3.63, 3.8) is 0 Å². The van der Waals surface area contributed by atoms with Crippen molar-refractivity contribution in [1.82, 2.24) is 39.7 Å². The van der Waals surface area contributed by atoms with Gasteiger partial charge in [-0.25, -0.2) is 9.50 Å². The molecule has 0 unspecified atom stereocenters. The fourth-order valence-corrected chi connectivity index (χ4v) is 5.50. The highest BCUT2D eigenvalue weighted by atomic mass is 15.3. The van der Waals surface area contributed by atoms with Crippen molar-refractivity contribution in [3.05, 3.63) is 85.3 Å². The Balaban J connectivity index is 1.23. The van der Waals surface area contributed by atoms with Crippen molar-refractivity contribution < 1.29 is 0 Å². The molecular formula is C30H28N8. The Bertz CT molecular complexity index is 1750. The summed E-state index contributed by atoms with van der Waals surface area (Å²) in [6.45, 7) is 5.20. The number of nitrogens with zero attached hydrogens (tertiary/aromatic N) is 7. The van der Waals surface area contributed by atoms with Gasteiger partial charge in [-0.1, -0.05) is 12.1 Å². The first-order chi connectivity index (χ1) is 18.7. The molecule has 188 valence electrons. The van der Waals surface area contributed by atoms with Crippen LogP contribution in [-0.2, 0) is 6.54 Å². The van der Waals surface area contributed by atoms with Crippen LogP contribution in [0.25, 0.3) is 50.1 Å². The number of fused-ring (bicyclic) bond motifs is 2. The number of piperidine rings is 1. The van der Waals surface area contributed by atoms with Gasteiger partial charge in [-0.2, -0.15) is 10.2 Å². The number of nitrogens with one attached hydrogen (secondary N) is 1. The zero-order chi connectivity index (χ0) is 25.5. The van der Waals surface area contributed by atoms with Gasteiger partial charge in [0.15, 0.2) is 5.65 Å². The number of imidazole rings is 1. The monoisotopic (exact) mass is 500 g/mol. The van der Waals surface area contributed by atoms with Gasteiger partial charge in [-0.3, -0.25) is 14.6 Å². The number of pyridine rings is 2. The van der Waals surface area contributed by atoms with E-state index >= 15 is 0 Å². The minimum Gasteiger partial charge on any atom is -0.317 e. The highest BCUT2D eigenvalue weighted by Crippen LogP contribution is 2.32. The molecule has 8 heteroatoms. The lowest BCUT2D eigenvalue weighted by Crippen LogP contribution is -2.29. The second kappa shape index (κ2) is 9.46. The summed E-state index contributed by atoms with van der Waals surface area (Å²) in [7, 11) is 0. The van der Waals surface area contributed by atoms with Crippen molar-refractivity contribution in [1.29, 1.82) is 0 Å². The van der Waals surface area contributed by atoms with Crippen LogP contribution in [-0.4, -0.2) is 47.4 Å². The van der Waals surface area contributed by atoms with E-state index in [9.17, 15) is 0 Å². The average Bonchev–Trinajstić information content (AvgIpc) is 3.59. The Kier molecular flexibility index (Phi) is 5.66. The molecule has 0 spiro atoms. The van der Waals surface area contributed by atoms with E-state index in [2.05, 4.69) is 55.5 Å². The van der Waals surface area contributed by atoms with E-state index in [0.29, 0.717) is 5.92 Å². The molecule has 1 aliphatic heterocycles. The molecule has 7 rings (SSSR count). The SMILES string of the molecule is Cc1nn2c(-c3ccnc4cc(-c5ccncc5)ccc34)cnc2cc1-c1cnn(CC2CCNCC2)c1. The number of aromatic nitrogens is 7. The summed E-state index contributed by atoms with van der Waals surface area (Å²) in [6.07, 6.45) is 13.9. The van der Waals surface area contributed by atoms with E-state index < -0.39 is 0 Å². The van der Waals surface area contributed by atoms with Gasteiger partial charge < -0.3 is 5.32 Å². The second-order valence-electron chi connectivity index (χ2n) is 10.0. The summed E-state index contributed by atoms with van der Waals surface area (Å²) >= 11 is 0. The first-order valence-electron chi connectivity index (χ1n) is 13.1. The Morgan fingerprint density at radius 2 is 1.74 bits per heavy atom. The summed E-state index contributed by atoms with van der Waals surface area (Å²) in [5.74, 6) is 0.677. The van der Waals surface area contributed by atoms with Crippen molar-refractivity contribution in [2.24, 2.45) is 5.92 Å². The minimum atomic E-state index is 0.677. The quantitative estimate of drug-likeness (QED) is 0.351. The molecule has 0 bridgehead atoms. The van der Waals surface area contributed by atoms with E-state index in [1.54, 1.807) is 0 Å². The van der Waals surface area contributed by atoms with Crippen molar-refractivity contribution >= 4 is 16.6 Å². The number of rotatable bonds is 5. The lowest BCUT2D eigenvalue weighted by molar-refractivity contribution is 0.321. The van der Waals surface area contributed by atoms with Gasteiger partial charge in [0.05, 0.1) is 29.3 Å². The Labute approximate surface area is 220 Å². The van der Waals surface area contributed by atoms with Crippen LogP contribution in [0.5, 0.6) is 0 Å². The summed E-state index contributed by atoms with van der Waals surface area (Å²) in [4.78, 5) is 13.5. The Morgan fingerprint density at radius 3 is 2.61 bits per heavy atom. The number of hydrogen-bond acceptors (Lipinski definition) is 6. The van der Waals surface area contributed by atoms with E-state index in [-0.39, 0.29) is 0 Å². The molecule has 0 amide bonds. The molecule has 1 saturated heterocycles. The fraction of sp³-hybridized carbons (Fsp3) is 0.233. The van der Waals surface area contributed by atoms with E-state index in [4.69, 9.17) is 10.1 Å². The molecule has 0 aliphatic carbocycles. The molecule has 5 aromatic heterocycles. The normalized spacial score (nSPS) is 14.4. The molecule has 1 aromatic carbocycles. The smallest absolute Gasteiger partial charge is 0.154 e. The topological polar surface area (TPSA) is 85.8 Å². The highest BCUT2D eigenvalue weighted by Gasteiger charge is 2.17. The minimum absolute atomic E-state index is 0.677. The van der Waals surface area contributed by atoms with Gasteiger partial charge in [0.25, 0.3) is 0 Å². The largest absolute Gasteiger partial charge is 0.317 e. The fourth-order valence-electron chi connectivity index (χ4n) is 5.50. The number of aryl methyl sites for hydroxylation is 1. The van der Waals surface area contributed by atoms with E-state index in [1.165, 1.54) is 12.8 Å². The van der Waals surface area contributed by atoms with Crippen LogP contribution in [0.3, 0.4) is 0 Å². The first-order valence-corrected chi connectivity index (χ1v) is 13.1. The van der Waals surface area contributed by atoms with Crippen molar-refractivity contribution in [3.8, 4) is 33.5 Å². The van der Waals surface area contributed by atoms with Crippen LogP contribution in [0.15, 0.2) is 79.6 Å². The van der Waals surface area contributed by atoms with Gasteiger partial charge in [0, 0.05) is 53.4 Å². The third kappa shape index (κ3) is 4.13. The Morgan fingerprint density at radius 1 is 0.868 bits per heavy atom. The maximum atomic E-state index is 4.97. The molecule has 6 aromatic rings. The average molecular weight is 501 g/mol. The molecule has 1 N–H and O–H groups in total. The van der Waals surface area contributed by atoms with E-state index in [1.807, 2.05) is 60.6 Å². The first kappa shape index (κ1) is 22.7. The summed E-state index contributed by atoms with van der Waals surface area (Å²) in [5, 5.41) is 14.1. The van der Waals surface area contributed by atoms with Crippen LogP contribution in [0.2, 0.25) is 0 Å². The van der Waals surface area contributed by atoms with Crippen LogP contribution in [0.4, 0.5) is 0 Å². The lowest BCUT2D eigenvalue weighted by atomic mass is 9.98. The maximum Gasteiger partial charge on any atom is 0.154 e. The maximum absolute atomic E-state index is 4.97. The van der Waals surface area contributed by atoms with Gasteiger partial charge in [-0.15, -0.1) is 0 Å². The molecule has 1 aliphatic rings. The van der Waals surface area contributed by atoms with Gasteiger partial charge in [-0.05, 0) is 80.2 Å². The molecule has 8 nitrogen and oxygen atoms in total. The summed E-state index contributed by atoms with van der Waals surface area (Å²) in [6, 6.07) is 14.6. The van der Waals surface area contributed by atoms with Crippen LogP contribution < -0.4 is 5.32 Å². The molecule has 0 radical (unpaired) electrons. The molecule has 0 atom stereocenters. The van der Waals surface area contributed by atoms with Crippen LogP contribution in [0.1, 0.15) is 18.5 Å². The number of hydrogen-bond donors (Lipinski definition) is 1. The zero-order valence-corrected chi connectivity index (χ0v) is 21.2. The van der Waals surface area contributed by atoms with Gasteiger partial charge in [0.1, 0.15) is 0 Å². The van der Waals surface area contributed by atoms with Crippen LogP contribution in [0, 0.1) is 12.8 Å². The third-order valence-corrected chi connectivity index (χ3v) is 7.56. The molecule has 38 heavy (non-hydrogen) atoms. The van der Waals surface area contributed by atoms with Crippen LogP contribution >= 0.6 is 0 Å². The van der Waals surface area contributed by atoms with Crippen molar-refractivity contribution in [2.45, 2.75) is 26.3 Å².